The fourth-order valence-corrected chi connectivity index (χ4v) is 2.68. The molecule has 10 heteroatoms. The van der Waals surface area contributed by atoms with Crippen LogP contribution in [0.4, 0.5) is 0 Å². The Balaban J connectivity index is 2.34. The van der Waals surface area contributed by atoms with Gasteiger partial charge < -0.3 is 35.0 Å². The molecular formula is C16H20O9S. The summed E-state index contributed by atoms with van der Waals surface area (Å²) in [5.74, 6) is -2.95. The molecule has 0 unspecified atom stereocenters. The molecule has 26 heavy (non-hydrogen) atoms. The Morgan fingerprint density at radius 3 is 2.46 bits per heavy atom. The van der Waals surface area contributed by atoms with E-state index in [2.05, 4.69) is 12.6 Å². The van der Waals surface area contributed by atoms with Gasteiger partial charge in [0, 0.05) is 23.8 Å². The zero-order valence-corrected chi connectivity index (χ0v) is 14.5. The van der Waals surface area contributed by atoms with Gasteiger partial charge in [0.05, 0.1) is 6.61 Å². The average molecular weight is 388 g/mol. The van der Waals surface area contributed by atoms with Crippen LogP contribution in [0.1, 0.15) is 23.2 Å². The zero-order valence-electron chi connectivity index (χ0n) is 13.6. The molecule has 4 atom stereocenters. The maximum Gasteiger partial charge on any atom is 0.345 e. The SMILES string of the molecule is O=C1OCC[C@@H](S)CC(=O)[C@@H](O)[C@@H](O)[C@H](O)COc2cc(O)cc(O)c21. The second kappa shape index (κ2) is 8.58. The number of Topliss-reactive ketones (excluding diaryl/α,β-unsaturated/α-hetero) is 1. The summed E-state index contributed by atoms with van der Waals surface area (Å²) in [7, 11) is 0. The van der Waals surface area contributed by atoms with Crippen LogP contribution < -0.4 is 4.74 Å². The molecule has 2 rings (SSSR count). The molecule has 0 saturated heterocycles. The van der Waals surface area contributed by atoms with Crippen molar-refractivity contribution in [3.8, 4) is 17.2 Å². The van der Waals surface area contributed by atoms with Crippen LogP contribution in [-0.2, 0) is 9.53 Å². The van der Waals surface area contributed by atoms with E-state index in [0.29, 0.717) is 0 Å². The molecule has 1 heterocycles. The molecule has 9 nitrogen and oxygen atoms in total. The number of ether oxygens (including phenoxy) is 2. The zero-order chi connectivity index (χ0) is 19.4. The van der Waals surface area contributed by atoms with Crippen molar-refractivity contribution in [2.75, 3.05) is 13.2 Å². The summed E-state index contributed by atoms with van der Waals surface area (Å²) in [6.45, 7) is -0.750. The first-order valence-electron chi connectivity index (χ1n) is 7.81. The van der Waals surface area contributed by atoms with Gasteiger partial charge in [0.2, 0.25) is 0 Å². The Bertz CT molecular complexity index is 678. The van der Waals surface area contributed by atoms with Crippen LogP contribution in [0.25, 0.3) is 0 Å². The number of phenols is 2. The Morgan fingerprint density at radius 1 is 1.08 bits per heavy atom. The van der Waals surface area contributed by atoms with Crippen molar-refractivity contribution in [2.45, 2.75) is 36.4 Å². The lowest BCUT2D eigenvalue weighted by Gasteiger charge is -2.24. The molecule has 1 aliphatic heterocycles. The molecule has 0 saturated carbocycles. The number of hydrogen-bond acceptors (Lipinski definition) is 10. The number of fused-ring (bicyclic) bond motifs is 1. The van der Waals surface area contributed by atoms with Gasteiger partial charge in [-0.15, -0.1) is 0 Å². The predicted molar refractivity (Wildman–Crippen MR) is 90.6 cm³/mol. The van der Waals surface area contributed by atoms with Crippen LogP contribution >= 0.6 is 12.6 Å². The molecule has 1 aromatic rings. The molecule has 0 spiro atoms. The number of phenolic OH excluding ortho intramolecular Hbond substituents is 2. The van der Waals surface area contributed by atoms with Crippen LogP contribution in [0.5, 0.6) is 17.2 Å². The molecule has 5 N–H and O–H groups in total. The van der Waals surface area contributed by atoms with E-state index in [1.807, 2.05) is 0 Å². The van der Waals surface area contributed by atoms with Gasteiger partial charge in [-0.3, -0.25) is 4.79 Å². The van der Waals surface area contributed by atoms with Crippen molar-refractivity contribution in [1.82, 2.24) is 0 Å². The molecule has 0 fully saturated rings. The highest BCUT2D eigenvalue weighted by molar-refractivity contribution is 7.81. The quantitative estimate of drug-likeness (QED) is 0.252. The van der Waals surface area contributed by atoms with Gasteiger partial charge in [0.1, 0.15) is 47.7 Å². The van der Waals surface area contributed by atoms with E-state index in [-0.39, 0.29) is 30.8 Å². The second-order valence-corrected chi connectivity index (χ2v) is 6.63. The molecule has 1 aliphatic rings. The minimum absolute atomic E-state index is 0.124. The summed E-state index contributed by atoms with van der Waals surface area (Å²) in [5, 5.41) is 48.6. The standard InChI is InChI=1S/C16H20O9S/c17-7-3-9(18)13-12(4-7)25-6-11(20)15(22)14(21)10(19)5-8(26)1-2-24-16(13)23/h3-4,8,11,14-15,17-18,20-22,26H,1-2,5-6H2/t8-,11-,14-,15+/m1/s1. The van der Waals surface area contributed by atoms with E-state index in [1.54, 1.807) is 0 Å². The maximum atomic E-state index is 12.2. The lowest BCUT2D eigenvalue weighted by Crippen LogP contribution is -2.45. The topological polar surface area (TPSA) is 154 Å². The summed E-state index contributed by atoms with van der Waals surface area (Å²) in [6.07, 6.45) is -5.38. The maximum absolute atomic E-state index is 12.2. The first-order chi connectivity index (χ1) is 12.2. The molecule has 144 valence electrons. The largest absolute Gasteiger partial charge is 0.508 e. The van der Waals surface area contributed by atoms with Gasteiger partial charge in [-0.1, -0.05) is 0 Å². The fourth-order valence-electron chi connectivity index (χ4n) is 2.40. The molecule has 0 aromatic heterocycles. The van der Waals surface area contributed by atoms with E-state index in [9.17, 15) is 35.1 Å². The van der Waals surface area contributed by atoms with Crippen LogP contribution in [0.3, 0.4) is 0 Å². The van der Waals surface area contributed by atoms with Crippen LogP contribution in [0.2, 0.25) is 0 Å². The molecule has 0 radical (unpaired) electrons. The number of benzene rings is 1. The number of carbonyl (C=O) groups is 2. The van der Waals surface area contributed by atoms with Crippen molar-refractivity contribution in [2.24, 2.45) is 0 Å². The summed E-state index contributed by atoms with van der Waals surface area (Å²) in [6, 6.07) is 1.94. The monoisotopic (exact) mass is 388 g/mol. The highest BCUT2D eigenvalue weighted by Crippen LogP contribution is 2.34. The molecule has 1 aromatic carbocycles. The first-order valence-corrected chi connectivity index (χ1v) is 8.33. The third kappa shape index (κ3) is 4.79. The van der Waals surface area contributed by atoms with Gasteiger partial charge in [-0.05, 0) is 6.42 Å². The van der Waals surface area contributed by atoms with Gasteiger partial charge in [-0.2, -0.15) is 12.6 Å². The minimum atomic E-state index is -1.84. The summed E-state index contributed by atoms with van der Waals surface area (Å²) >= 11 is 4.17. The second-order valence-electron chi connectivity index (χ2n) is 5.90. The van der Waals surface area contributed by atoms with E-state index < -0.39 is 53.4 Å². The average Bonchev–Trinajstić information content (AvgIpc) is 2.56. The first kappa shape index (κ1) is 20.3. The van der Waals surface area contributed by atoms with Gasteiger partial charge in [0.15, 0.2) is 5.78 Å². The van der Waals surface area contributed by atoms with Crippen molar-refractivity contribution in [3.05, 3.63) is 17.7 Å². The van der Waals surface area contributed by atoms with Crippen molar-refractivity contribution >= 4 is 24.4 Å². The number of hydrogen-bond donors (Lipinski definition) is 6. The smallest absolute Gasteiger partial charge is 0.345 e. The van der Waals surface area contributed by atoms with E-state index in [4.69, 9.17) is 9.47 Å². The summed E-state index contributed by atoms with van der Waals surface area (Å²) < 4.78 is 10.2. The summed E-state index contributed by atoms with van der Waals surface area (Å²) in [4.78, 5) is 24.1. The Morgan fingerprint density at radius 2 is 1.77 bits per heavy atom. The number of aromatic hydroxyl groups is 2. The Labute approximate surface area is 154 Å². The molecule has 0 aliphatic carbocycles. The lowest BCUT2D eigenvalue weighted by molar-refractivity contribution is -0.139. The number of carbonyl (C=O) groups excluding carboxylic acids is 2. The number of aliphatic hydroxyl groups is 3. The number of rotatable bonds is 0. The predicted octanol–water partition coefficient (Wildman–Crippen LogP) is -0.623. The minimum Gasteiger partial charge on any atom is -0.508 e. The molecule has 0 bridgehead atoms. The number of cyclic esters (lactones) is 1. The van der Waals surface area contributed by atoms with Crippen molar-refractivity contribution in [1.29, 1.82) is 0 Å². The van der Waals surface area contributed by atoms with E-state index in [0.717, 1.165) is 12.1 Å². The van der Waals surface area contributed by atoms with Crippen molar-refractivity contribution < 1.29 is 44.6 Å². The molecule has 0 amide bonds. The molecular weight excluding hydrogens is 368 g/mol. The third-order valence-corrected chi connectivity index (χ3v) is 4.29. The normalized spacial score (nSPS) is 28.5. The van der Waals surface area contributed by atoms with Crippen LogP contribution in [0.15, 0.2) is 12.1 Å². The number of thiol groups is 1. The lowest BCUT2D eigenvalue weighted by atomic mass is 10.0. The Hall–Kier alpha value is -2.01. The number of aliphatic hydroxyl groups excluding tert-OH is 3. The number of esters is 1. The fraction of sp³-hybridized carbons (Fsp3) is 0.500. The van der Waals surface area contributed by atoms with Gasteiger partial charge in [0.25, 0.3) is 0 Å². The highest BCUT2D eigenvalue weighted by Gasteiger charge is 2.32. The van der Waals surface area contributed by atoms with Crippen LogP contribution in [-0.4, -0.2) is 74.1 Å². The number of ketones is 1. The van der Waals surface area contributed by atoms with Gasteiger partial charge in [-0.25, -0.2) is 4.79 Å². The van der Waals surface area contributed by atoms with Crippen LogP contribution in [0, 0.1) is 0 Å². The Kier molecular flexibility index (Phi) is 6.70. The van der Waals surface area contributed by atoms with Crippen molar-refractivity contribution in [3.63, 3.8) is 0 Å². The van der Waals surface area contributed by atoms with E-state index in [1.165, 1.54) is 0 Å². The van der Waals surface area contributed by atoms with Gasteiger partial charge >= 0.3 is 5.97 Å². The third-order valence-electron chi connectivity index (χ3n) is 3.85. The highest BCUT2D eigenvalue weighted by atomic mass is 32.1. The van der Waals surface area contributed by atoms with E-state index >= 15 is 0 Å². The summed E-state index contributed by atoms with van der Waals surface area (Å²) in [5.41, 5.74) is -0.367.